The molecule has 0 unspecified atom stereocenters. The van der Waals surface area contributed by atoms with Crippen molar-refractivity contribution in [3.05, 3.63) is 16.8 Å². The van der Waals surface area contributed by atoms with Crippen molar-refractivity contribution in [2.75, 3.05) is 18.6 Å². The van der Waals surface area contributed by atoms with Gasteiger partial charge in [-0.05, 0) is 32.3 Å². The van der Waals surface area contributed by atoms with Crippen LogP contribution in [-0.2, 0) is 12.8 Å². The van der Waals surface area contributed by atoms with E-state index < -0.39 is 5.54 Å². The maximum absolute atomic E-state index is 9.54. The third-order valence-corrected chi connectivity index (χ3v) is 3.80. The molecule has 0 aromatic carbocycles. The molecule has 7 heteroatoms. The zero-order valence-electron chi connectivity index (χ0n) is 13.4. The van der Waals surface area contributed by atoms with E-state index in [2.05, 4.69) is 15.4 Å². The second kappa shape index (κ2) is 6.71. The van der Waals surface area contributed by atoms with Gasteiger partial charge in [0.15, 0.2) is 11.7 Å². The molecule has 1 rings (SSSR count). The maximum atomic E-state index is 9.54. The first-order valence-electron chi connectivity index (χ1n) is 7.05. The van der Waals surface area contributed by atoms with E-state index in [1.54, 1.807) is 11.9 Å². The van der Waals surface area contributed by atoms with Crippen LogP contribution in [0.5, 0.6) is 0 Å². The fourth-order valence-electron chi connectivity index (χ4n) is 2.11. The minimum atomic E-state index is -0.544. The molecule has 7 nitrogen and oxygen atoms in total. The van der Waals surface area contributed by atoms with Crippen LogP contribution in [0, 0.1) is 0 Å². The molecule has 1 aromatic rings. The lowest BCUT2D eigenvalue weighted by molar-refractivity contribution is 0.215. The van der Waals surface area contributed by atoms with Gasteiger partial charge in [0.05, 0.1) is 23.4 Å². The number of nitrogens with zero attached hydrogens (tertiary/aromatic N) is 4. The standard InChI is InChI=1S/C14H25N5O2/c1-6-9-10(7-2)16-17-13(11(9)12(15)18-21)19(5)14(3,4)8-20/h20-21H,6-8H2,1-5H3,(H2,15,18). The second-order valence-corrected chi connectivity index (χ2v) is 5.55. The Kier molecular flexibility index (Phi) is 5.48. The Hall–Kier alpha value is -1.89. The van der Waals surface area contributed by atoms with E-state index >= 15 is 0 Å². The predicted molar refractivity (Wildman–Crippen MR) is 82.9 cm³/mol. The van der Waals surface area contributed by atoms with Crippen molar-refractivity contribution in [2.45, 2.75) is 46.1 Å². The molecule has 4 N–H and O–H groups in total. The Morgan fingerprint density at radius 3 is 2.33 bits per heavy atom. The highest BCUT2D eigenvalue weighted by Gasteiger charge is 2.29. The monoisotopic (exact) mass is 295 g/mol. The highest BCUT2D eigenvalue weighted by Crippen LogP contribution is 2.27. The highest BCUT2D eigenvalue weighted by molar-refractivity contribution is 6.03. The van der Waals surface area contributed by atoms with Crippen molar-refractivity contribution in [2.24, 2.45) is 10.9 Å². The molecular weight excluding hydrogens is 270 g/mol. The normalized spacial score (nSPS) is 12.6. The second-order valence-electron chi connectivity index (χ2n) is 5.55. The zero-order chi connectivity index (χ0) is 16.2. The molecule has 0 amide bonds. The van der Waals surface area contributed by atoms with Crippen LogP contribution in [0.25, 0.3) is 0 Å². The van der Waals surface area contributed by atoms with Crippen LogP contribution in [0.15, 0.2) is 5.16 Å². The van der Waals surface area contributed by atoms with Crippen LogP contribution >= 0.6 is 0 Å². The third kappa shape index (κ3) is 3.24. The molecule has 1 heterocycles. The van der Waals surface area contributed by atoms with Gasteiger partial charge in [0.25, 0.3) is 0 Å². The summed E-state index contributed by atoms with van der Waals surface area (Å²) in [7, 11) is 1.81. The van der Waals surface area contributed by atoms with Gasteiger partial charge >= 0.3 is 0 Å². The van der Waals surface area contributed by atoms with E-state index in [9.17, 15) is 5.11 Å². The van der Waals surface area contributed by atoms with Crippen molar-refractivity contribution < 1.29 is 10.3 Å². The Morgan fingerprint density at radius 2 is 1.90 bits per heavy atom. The summed E-state index contributed by atoms with van der Waals surface area (Å²) in [6, 6.07) is 0. The molecule has 0 saturated heterocycles. The summed E-state index contributed by atoms with van der Waals surface area (Å²) in [6.07, 6.45) is 1.42. The summed E-state index contributed by atoms with van der Waals surface area (Å²) in [4.78, 5) is 1.80. The summed E-state index contributed by atoms with van der Waals surface area (Å²) in [6.45, 7) is 7.68. The SMILES string of the molecule is CCc1nnc(N(C)C(C)(C)CO)c(C(N)=NO)c1CC. The number of aromatic nitrogens is 2. The van der Waals surface area contributed by atoms with Gasteiger partial charge in [-0.1, -0.05) is 19.0 Å². The van der Waals surface area contributed by atoms with Crippen LogP contribution in [0.2, 0.25) is 0 Å². The number of hydrogen-bond donors (Lipinski definition) is 3. The van der Waals surface area contributed by atoms with Crippen LogP contribution in [0.1, 0.15) is 44.5 Å². The number of nitrogens with two attached hydrogens (primary N) is 1. The molecule has 21 heavy (non-hydrogen) atoms. The lowest BCUT2D eigenvalue weighted by atomic mass is 9.99. The molecule has 0 aliphatic heterocycles. The zero-order valence-corrected chi connectivity index (χ0v) is 13.4. The lowest BCUT2D eigenvalue weighted by Crippen LogP contribution is -2.46. The fraction of sp³-hybridized carbons (Fsp3) is 0.643. The van der Waals surface area contributed by atoms with E-state index in [0.29, 0.717) is 17.8 Å². The first-order chi connectivity index (χ1) is 9.83. The number of aliphatic hydroxyl groups is 1. The Balaban J connectivity index is 3.60. The first kappa shape index (κ1) is 17.2. The number of amidine groups is 1. The van der Waals surface area contributed by atoms with E-state index in [1.807, 2.05) is 27.7 Å². The number of oxime groups is 1. The molecule has 0 atom stereocenters. The average molecular weight is 295 g/mol. The smallest absolute Gasteiger partial charge is 0.174 e. The van der Waals surface area contributed by atoms with Gasteiger partial charge in [-0.2, -0.15) is 5.10 Å². The number of likely N-dealkylation sites (N-methyl/N-ethyl adjacent to an activating group) is 1. The van der Waals surface area contributed by atoms with E-state index in [1.165, 1.54) is 0 Å². The summed E-state index contributed by atoms with van der Waals surface area (Å²) in [5, 5.41) is 30.2. The minimum absolute atomic E-state index is 0.00652. The molecule has 0 aliphatic carbocycles. The van der Waals surface area contributed by atoms with Gasteiger partial charge in [-0.15, -0.1) is 5.10 Å². The number of hydrogen-bond acceptors (Lipinski definition) is 6. The van der Waals surface area contributed by atoms with Crippen molar-refractivity contribution in [3.8, 4) is 0 Å². The summed E-state index contributed by atoms with van der Waals surface area (Å²) in [5.41, 5.74) is 7.64. The topological polar surface area (TPSA) is 108 Å². The summed E-state index contributed by atoms with van der Waals surface area (Å²) in [5.74, 6) is 0.505. The summed E-state index contributed by atoms with van der Waals surface area (Å²) < 4.78 is 0. The lowest BCUT2D eigenvalue weighted by Gasteiger charge is -2.36. The molecule has 0 aliphatic rings. The molecule has 0 radical (unpaired) electrons. The Morgan fingerprint density at radius 1 is 1.29 bits per heavy atom. The van der Waals surface area contributed by atoms with Gasteiger partial charge in [0.2, 0.25) is 0 Å². The first-order valence-corrected chi connectivity index (χ1v) is 7.05. The van der Waals surface area contributed by atoms with E-state index in [-0.39, 0.29) is 12.4 Å². The van der Waals surface area contributed by atoms with Crippen LogP contribution in [0.3, 0.4) is 0 Å². The number of aryl methyl sites for hydroxylation is 1. The van der Waals surface area contributed by atoms with Crippen molar-refractivity contribution in [1.29, 1.82) is 0 Å². The van der Waals surface area contributed by atoms with E-state index in [4.69, 9.17) is 10.9 Å². The van der Waals surface area contributed by atoms with Gasteiger partial charge in [0.1, 0.15) is 0 Å². The third-order valence-electron chi connectivity index (χ3n) is 3.80. The molecule has 0 bridgehead atoms. The predicted octanol–water partition coefficient (Wildman–Crippen LogP) is 0.903. The van der Waals surface area contributed by atoms with Crippen LogP contribution in [0.4, 0.5) is 5.82 Å². The van der Waals surface area contributed by atoms with Crippen LogP contribution in [-0.4, -0.2) is 45.5 Å². The van der Waals surface area contributed by atoms with Gasteiger partial charge in [-0.25, -0.2) is 0 Å². The summed E-state index contributed by atoms with van der Waals surface area (Å²) >= 11 is 0. The largest absolute Gasteiger partial charge is 0.409 e. The average Bonchev–Trinajstić information content (AvgIpc) is 2.51. The van der Waals surface area contributed by atoms with Gasteiger partial charge in [0, 0.05) is 7.05 Å². The highest BCUT2D eigenvalue weighted by atomic mass is 16.4. The molecule has 0 saturated carbocycles. The van der Waals surface area contributed by atoms with Gasteiger partial charge < -0.3 is 20.9 Å². The Bertz CT molecular complexity index is 528. The minimum Gasteiger partial charge on any atom is -0.409 e. The fourth-order valence-corrected chi connectivity index (χ4v) is 2.11. The Labute approximate surface area is 125 Å². The number of rotatable bonds is 6. The molecular formula is C14H25N5O2. The van der Waals surface area contributed by atoms with E-state index in [0.717, 1.165) is 17.7 Å². The number of anilines is 1. The van der Waals surface area contributed by atoms with Crippen molar-refractivity contribution >= 4 is 11.7 Å². The quantitative estimate of drug-likeness (QED) is 0.311. The van der Waals surface area contributed by atoms with Gasteiger partial charge in [-0.3, -0.25) is 0 Å². The molecule has 0 fully saturated rings. The maximum Gasteiger partial charge on any atom is 0.174 e. The molecule has 1 aromatic heterocycles. The molecule has 0 spiro atoms. The van der Waals surface area contributed by atoms with Crippen molar-refractivity contribution in [1.82, 2.24) is 10.2 Å². The van der Waals surface area contributed by atoms with Crippen molar-refractivity contribution in [3.63, 3.8) is 0 Å². The van der Waals surface area contributed by atoms with Crippen LogP contribution < -0.4 is 10.6 Å². The molecule has 118 valence electrons. The number of aliphatic hydroxyl groups excluding tert-OH is 1.